The first-order valence-electron chi connectivity index (χ1n) is 19.1. The SMILES string of the molecule is CCCCCCCCCCCCCCCCC=COC(=O)/C=C/C(=O)OC=CCCCCCCCCCCCCCCCC. The van der Waals surface area contributed by atoms with Crippen molar-refractivity contribution in [1.29, 1.82) is 0 Å². The second-order valence-electron chi connectivity index (χ2n) is 12.7. The van der Waals surface area contributed by atoms with E-state index in [4.69, 9.17) is 9.47 Å². The summed E-state index contributed by atoms with van der Waals surface area (Å²) < 4.78 is 10.0. The quantitative estimate of drug-likeness (QED) is 0.0312. The predicted octanol–water partition coefficient (Wildman–Crippen LogP) is 13.4. The molecule has 0 N–H and O–H groups in total. The Morgan fingerprint density at radius 3 is 0.841 bits per heavy atom. The van der Waals surface area contributed by atoms with Crippen LogP contribution in [0.3, 0.4) is 0 Å². The summed E-state index contributed by atoms with van der Waals surface area (Å²) in [6.45, 7) is 4.55. The summed E-state index contributed by atoms with van der Waals surface area (Å²) >= 11 is 0. The van der Waals surface area contributed by atoms with Gasteiger partial charge in [-0.05, 0) is 37.8 Å². The summed E-state index contributed by atoms with van der Waals surface area (Å²) in [7, 11) is 0. The van der Waals surface area contributed by atoms with Crippen LogP contribution in [0.5, 0.6) is 0 Å². The molecule has 0 rings (SSSR count). The third-order valence-electron chi connectivity index (χ3n) is 8.37. The molecule has 4 nitrogen and oxygen atoms in total. The van der Waals surface area contributed by atoms with E-state index >= 15 is 0 Å². The highest BCUT2D eigenvalue weighted by molar-refractivity contribution is 5.92. The molecule has 0 amide bonds. The molecule has 0 aromatic carbocycles. The van der Waals surface area contributed by atoms with E-state index in [0.29, 0.717) is 0 Å². The first kappa shape index (κ1) is 42.2. The maximum Gasteiger partial charge on any atom is 0.335 e. The minimum Gasteiger partial charge on any atom is -0.432 e. The van der Waals surface area contributed by atoms with E-state index in [-0.39, 0.29) is 0 Å². The van der Waals surface area contributed by atoms with Gasteiger partial charge in [-0.2, -0.15) is 0 Å². The van der Waals surface area contributed by atoms with Crippen molar-refractivity contribution in [1.82, 2.24) is 0 Å². The van der Waals surface area contributed by atoms with Crippen LogP contribution in [0.2, 0.25) is 0 Å². The highest BCUT2D eigenvalue weighted by Gasteiger charge is 1.99. The maximum absolute atomic E-state index is 11.8. The Hall–Kier alpha value is -1.84. The third-order valence-corrected chi connectivity index (χ3v) is 8.37. The number of esters is 2. The maximum atomic E-state index is 11.8. The average Bonchev–Trinajstić information content (AvgIpc) is 3.03. The summed E-state index contributed by atoms with van der Waals surface area (Å²) in [5, 5.41) is 0. The molecule has 0 aliphatic heterocycles. The number of hydrogen-bond acceptors (Lipinski definition) is 4. The van der Waals surface area contributed by atoms with E-state index in [1.807, 2.05) is 12.2 Å². The molecule has 0 saturated heterocycles. The average molecular weight is 617 g/mol. The first-order valence-corrected chi connectivity index (χ1v) is 19.1. The van der Waals surface area contributed by atoms with Gasteiger partial charge in [0.1, 0.15) is 0 Å². The van der Waals surface area contributed by atoms with Gasteiger partial charge in [-0.15, -0.1) is 0 Å². The van der Waals surface area contributed by atoms with Crippen molar-refractivity contribution in [3.8, 4) is 0 Å². The Labute approximate surface area is 273 Å². The largest absolute Gasteiger partial charge is 0.432 e. The number of carbonyl (C=O) groups is 2. The van der Waals surface area contributed by atoms with Crippen molar-refractivity contribution in [2.45, 2.75) is 206 Å². The Morgan fingerprint density at radius 2 is 0.591 bits per heavy atom. The van der Waals surface area contributed by atoms with Crippen LogP contribution in [0.4, 0.5) is 0 Å². The van der Waals surface area contributed by atoms with Crippen LogP contribution in [-0.4, -0.2) is 11.9 Å². The zero-order valence-electron chi connectivity index (χ0n) is 29.3. The lowest BCUT2D eigenvalue weighted by atomic mass is 10.0. The fraction of sp³-hybridized carbons (Fsp3) is 0.800. The fourth-order valence-corrected chi connectivity index (χ4v) is 5.49. The lowest BCUT2D eigenvalue weighted by Crippen LogP contribution is -1.98. The molecule has 0 aromatic rings. The summed E-state index contributed by atoms with van der Waals surface area (Å²) in [5.41, 5.74) is 0. The van der Waals surface area contributed by atoms with E-state index in [1.165, 1.54) is 179 Å². The van der Waals surface area contributed by atoms with Crippen LogP contribution in [0.25, 0.3) is 0 Å². The number of hydrogen-bond donors (Lipinski definition) is 0. The van der Waals surface area contributed by atoms with Gasteiger partial charge in [0.05, 0.1) is 12.5 Å². The standard InChI is InChI=1S/C40H72O4/c1-3-5-7-9-11-13-15-17-19-21-23-25-27-29-31-33-37-43-39(41)35-36-40(42)44-38-34-32-30-28-26-24-22-20-18-16-14-12-10-8-6-4-2/h33-38H,3-32H2,1-2H3/b36-35+,37-33?,38-34?. The molecule has 44 heavy (non-hydrogen) atoms. The summed E-state index contributed by atoms with van der Waals surface area (Å²) in [6, 6.07) is 0. The van der Waals surface area contributed by atoms with Crippen LogP contribution in [0.15, 0.2) is 36.8 Å². The molecular weight excluding hydrogens is 544 g/mol. The van der Waals surface area contributed by atoms with Gasteiger partial charge in [-0.3, -0.25) is 0 Å². The van der Waals surface area contributed by atoms with Crippen molar-refractivity contribution in [2.24, 2.45) is 0 Å². The molecule has 0 atom stereocenters. The van der Waals surface area contributed by atoms with Gasteiger partial charge < -0.3 is 9.47 Å². The lowest BCUT2D eigenvalue weighted by molar-refractivity contribution is -0.135. The van der Waals surface area contributed by atoms with Gasteiger partial charge >= 0.3 is 11.9 Å². The molecule has 0 aliphatic rings. The first-order chi connectivity index (χ1) is 21.7. The van der Waals surface area contributed by atoms with Gasteiger partial charge in [-0.25, -0.2) is 9.59 Å². The van der Waals surface area contributed by atoms with Crippen LogP contribution in [0, 0.1) is 0 Å². The van der Waals surface area contributed by atoms with Gasteiger partial charge in [0, 0.05) is 12.2 Å². The monoisotopic (exact) mass is 617 g/mol. The lowest BCUT2D eigenvalue weighted by Gasteiger charge is -2.02. The van der Waals surface area contributed by atoms with E-state index in [9.17, 15) is 9.59 Å². The Balaban J connectivity index is 3.46. The van der Waals surface area contributed by atoms with Gasteiger partial charge in [0.15, 0.2) is 0 Å². The second-order valence-corrected chi connectivity index (χ2v) is 12.7. The smallest absolute Gasteiger partial charge is 0.335 e. The number of rotatable bonds is 34. The van der Waals surface area contributed by atoms with Crippen molar-refractivity contribution in [2.75, 3.05) is 0 Å². The second kappa shape index (κ2) is 37.3. The van der Waals surface area contributed by atoms with Gasteiger partial charge in [-0.1, -0.05) is 181 Å². The molecule has 0 radical (unpaired) electrons. The van der Waals surface area contributed by atoms with Gasteiger partial charge in [0.25, 0.3) is 0 Å². The summed E-state index contributed by atoms with van der Waals surface area (Å²) in [4.78, 5) is 23.5. The normalized spacial score (nSPS) is 11.8. The van der Waals surface area contributed by atoms with E-state index in [2.05, 4.69) is 13.8 Å². The number of allylic oxidation sites excluding steroid dienone is 2. The fourth-order valence-electron chi connectivity index (χ4n) is 5.49. The highest BCUT2D eigenvalue weighted by Crippen LogP contribution is 2.15. The molecule has 4 heteroatoms. The van der Waals surface area contributed by atoms with Crippen molar-refractivity contribution >= 4 is 11.9 Å². The molecule has 0 saturated carbocycles. The topological polar surface area (TPSA) is 52.6 Å². The molecule has 0 aromatic heterocycles. The molecule has 0 spiro atoms. The summed E-state index contributed by atoms with van der Waals surface area (Å²) in [5.74, 6) is -1.13. The van der Waals surface area contributed by atoms with E-state index in [1.54, 1.807) is 0 Å². The zero-order chi connectivity index (χ0) is 32.0. The van der Waals surface area contributed by atoms with Crippen molar-refractivity contribution in [3.05, 3.63) is 36.8 Å². The molecule has 0 fully saturated rings. The number of carbonyl (C=O) groups excluding carboxylic acids is 2. The zero-order valence-corrected chi connectivity index (χ0v) is 29.3. The van der Waals surface area contributed by atoms with Crippen LogP contribution in [-0.2, 0) is 19.1 Å². The van der Waals surface area contributed by atoms with Crippen LogP contribution >= 0.6 is 0 Å². The Kier molecular flexibility index (Phi) is 35.8. The number of ether oxygens (including phenoxy) is 2. The van der Waals surface area contributed by atoms with Crippen molar-refractivity contribution in [3.63, 3.8) is 0 Å². The van der Waals surface area contributed by atoms with E-state index < -0.39 is 11.9 Å². The minimum absolute atomic E-state index is 0.564. The van der Waals surface area contributed by atoms with E-state index in [0.717, 1.165) is 37.8 Å². The number of unbranched alkanes of at least 4 members (excludes halogenated alkanes) is 28. The highest BCUT2D eigenvalue weighted by atomic mass is 16.5. The van der Waals surface area contributed by atoms with Crippen LogP contribution in [0.1, 0.15) is 206 Å². The molecule has 0 bridgehead atoms. The van der Waals surface area contributed by atoms with Gasteiger partial charge in [0.2, 0.25) is 0 Å². The van der Waals surface area contributed by atoms with Crippen molar-refractivity contribution < 1.29 is 19.1 Å². The third kappa shape index (κ3) is 36.4. The minimum atomic E-state index is -0.564. The molecular formula is C40H72O4. The Bertz CT molecular complexity index is 635. The Morgan fingerprint density at radius 1 is 0.364 bits per heavy atom. The molecule has 0 aliphatic carbocycles. The molecule has 0 unspecified atom stereocenters. The van der Waals surface area contributed by atoms with Crippen LogP contribution < -0.4 is 0 Å². The molecule has 0 heterocycles. The summed E-state index contributed by atoms with van der Waals surface area (Å²) in [6.07, 6.45) is 48.4. The molecule has 256 valence electrons. The predicted molar refractivity (Wildman–Crippen MR) is 189 cm³/mol.